The topological polar surface area (TPSA) is 61.8 Å². The highest BCUT2D eigenvalue weighted by Crippen LogP contribution is 2.32. The third-order valence-corrected chi connectivity index (χ3v) is 6.34. The Morgan fingerprint density at radius 3 is 2.47 bits per heavy atom. The summed E-state index contributed by atoms with van der Waals surface area (Å²) in [5, 5.41) is 3.07. The van der Waals surface area contributed by atoms with Crippen molar-refractivity contribution < 1.29 is 9.59 Å². The molecule has 1 aliphatic rings. The number of aryl methyl sites for hydroxylation is 4. The van der Waals surface area contributed by atoms with Crippen LogP contribution in [-0.2, 0) is 9.59 Å². The van der Waals surface area contributed by atoms with Gasteiger partial charge in [0.15, 0.2) is 5.17 Å². The third-order valence-electron chi connectivity index (χ3n) is 5.16. The van der Waals surface area contributed by atoms with Gasteiger partial charge in [-0.15, -0.1) is 6.58 Å². The highest BCUT2D eigenvalue weighted by molar-refractivity contribution is 8.15. The molecule has 2 aromatic rings. The zero-order chi connectivity index (χ0) is 21.8. The second-order valence-corrected chi connectivity index (χ2v) is 8.70. The molecular weight excluding hydrogens is 394 g/mol. The number of rotatable bonds is 6. The van der Waals surface area contributed by atoms with Crippen LogP contribution in [0.5, 0.6) is 0 Å². The van der Waals surface area contributed by atoms with Crippen LogP contribution in [0.3, 0.4) is 0 Å². The molecule has 0 aliphatic carbocycles. The van der Waals surface area contributed by atoms with Crippen molar-refractivity contribution in [2.75, 3.05) is 11.9 Å². The van der Waals surface area contributed by atoms with Crippen LogP contribution < -0.4 is 5.32 Å². The number of carbonyl (C=O) groups is 2. The average molecular weight is 422 g/mol. The molecule has 0 aromatic heterocycles. The van der Waals surface area contributed by atoms with Gasteiger partial charge in [-0.25, -0.2) is 4.99 Å². The predicted octanol–water partition coefficient (Wildman–Crippen LogP) is 5.07. The number of hydrogen-bond acceptors (Lipinski definition) is 4. The van der Waals surface area contributed by atoms with Gasteiger partial charge in [0.05, 0.1) is 5.69 Å². The summed E-state index contributed by atoms with van der Waals surface area (Å²) in [4.78, 5) is 31.9. The van der Waals surface area contributed by atoms with Crippen LogP contribution in [0.1, 0.15) is 28.7 Å². The maximum absolute atomic E-state index is 12.9. The minimum atomic E-state index is -0.500. The Balaban J connectivity index is 1.78. The summed E-state index contributed by atoms with van der Waals surface area (Å²) < 4.78 is 0. The lowest BCUT2D eigenvalue weighted by Crippen LogP contribution is -2.33. The molecular formula is C24H27N3O2S. The summed E-state index contributed by atoms with van der Waals surface area (Å²) >= 11 is 1.34. The molecule has 2 amide bonds. The average Bonchev–Trinajstić information content (AvgIpc) is 2.97. The van der Waals surface area contributed by atoms with Crippen LogP contribution >= 0.6 is 11.8 Å². The summed E-state index contributed by atoms with van der Waals surface area (Å²) in [5.41, 5.74) is 5.94. The zero-order valence-electron chi connectivity index (χ0n) is 17.9. The van der Waals surface area contributed by atoms with Gasteiger partial charge in [-0.3, -0.25) is 14.5 Å². The van der Waals surface area contributed by atoms with Gasteiger partial charge in [0.1, 0.15) is 5.25 Å². The first-order chi connectivity index (χ1) is 14.3. The molecule has 156 valence electrons. The van der Waals surface area contributed by atoms with Crippen LogP contribution in [-0.4, -0.2) is 33.7 Å². The number of nitrogens with zero attached hydrogens (tertiary/aromatic N) is 2. The van der Waals surface area contributed by atoms with E-state index in [0.29, 0.717) is 11.7 Å². The van der Waals surface area contributed by atoms with Crippen molar-refractivity contribution in [3.63, 3.8) is 0 Å². The molecule has 0 spiro atoms. The number of thioether (sulfide) groups is 1. The largest absolute Gasteiger partial charge is 0.326 e. The van der Waals surface area contributed by atoms with Crippen LogP contribution in [0.2, 0.25) is 0 Å². The van der Waals surface area contributed by atoms with Crippen molar-refractivity contribution in [2.45, 2.75) is 39.4 Å². The fraction of sp³-hybridized carbons (Fsp3) is 0.292. The van der Waals surface area contributed by atoms with Gasteiger partial charge < -0.3 is 5.32 Å². The minimum absolute atomic E-state index is 0.0941. The van der Waals surface area contributed by atoms with Crippen molar-refractivity contribution in [2.24, 2.45) is 4.99 Å². The van der Waals surface area contributed by atoms with E-state index in [2.05, 4.69) is 23.8 Å². The van der Waals surface area contributed by atoms with Gasteiger partial charge in [0.2, 0.25) is 11.8 Å². The van der Waals surface area contributed by atoms with Gasteiger partial charge in [-0.1, -0.05) is 42.1 Å². The van der Waals surface area contributed by atoms with Gasteiger partial charge in [-0.05, 0) is 62.1 Å². The second kappa shape index (κ2) is 9.30. The predicted molar refractivity (Wildman–Crippen MR) is 125 cm³/mol. The maximum atomic E-state index is 12.9. The number of amidine groups is 1. The molecule has 6 heteroatoms. The molecule has 1 saturated heterocycles. The molecule has 1 heterocycles. The molecule has 30 heavy (non-hydrogen) atoms. The van der Waals surface area contributed by atoms with Crippen molar-refractivity contribution in [3.05, 3.63) is 71.3 Å². The number of amides is 2. The number of benzene rings is 2. The van der Waals surface area contributed by atoms with Gasteiger partial charge in [0, 0.05) is 18.7 Å². The van der Waals surface area contributed by atoms with Crippen LogP contribution in [0.25, 0.3) is 0 Å². The Labute approximate surface area is 182 Å². The summed E-state index contributed by atoms with van der Waals surface area (Å²) in [6.07, 6.45) is 1.77. The highest BCUT2D eigenvalue weighted by Gasteiger charge is 2.38. The number of nitrogens with one attached hydrogen (secondary N) is 1. The lowest BCUT2D eigenvalue weighted by Gasteiger charge is -2.14. The highest BCUT2D eigenvalue weighted by atomic mass is 32.2. The van der Waals surface area contributed by atoms with E-state index >= 15 is 0 Å². The molecule has 0 radical (unpaired) electrons. The maximum Gasteiger partial charge on any atom is 0.242 e. The molecule has 1 atom stereocenters. The van der Waals surface area contributed by atoms with Crippen LogP contribution in [0, 0.1) is 27.7 Å². The van der Waals surface area contributed by atoms with Crippen molar-refractivity contribution in [3.8, 4) is 0 Å². The Morgan fingerprint density at radius 2 is 1.83 bits per heavy atom. The fourth-order valence-corrected chi connectivity index (χ4v) is 4.47. The number of anilines is 1. The molecule has 0 unspecified atom stereocenters. The number of hydrogen-bond donors (Lipinski definition) is 1. The first kappa shape index (κ1) is 21.8. The number of para-hydroxylation sites is 1. The minimum Gasteiger partial charge on any atom is -0.326 e. The molecule has 0 saturated carbocycles. The smallest absolute Gasteiger partial charge is 0.242 e. The van der Waals surface area contributed by atoms with Gasteiger partial charge >= 0.3 is 0 Å². The first-order valence-corrected chi connectivity index (χ1v) is 10.8. The Hall–Kier alpha value is -2.86. The SMILES string of the molecule is C=CCN1C(=O)[C@H](CC(=O)Nc2c(C)cccc2C)SC1=Nc1ccc(C)c(C)c1. The lowest BCUT2D eigenvalue weighted by molar-refractivity contribution is -0.127. The van der Waals surface area contributed by atoms with E-state index in [1.54, 1.807) is 11.0 Å². The molecule has 5 nitrogen and oxygen atoms in total. The molecule has 1 aliphatic heterocycles. The molecule has 0 bridgehead atoms. The van der Waals surface area contributed by atoms with E-state index in [4.69, 9.17) is 0 Å². The van der Waals surface area contributed by atoms with Crippen molar-refractivity contribution >= 4 is 40.1 Å². The van der Waals surface area contributed by atoms with Gasteiger partial charge in [-0.2, -0.15) is 0 Å². The molecule has 1 fully saturated rings. The molecule has 3 rings (SSSR count). The quantitative estimate of drug-likeness (QED) is 0.663. The zero-order valence-corrected chi connectivity index (χ0v) is 18.7. The van der Waals surface area contributed by atoms with Crippen LogP contribution in [0.15, 0.2) is 54.0 Å². The lowest BCUT2D eigenvalue weighted by atomic mass is 10.1. The van der Waals surface area contributed by atoms with Crippen LogP contribution in [0.4, 0.5) is 11.4 Å². The standard InChI is InChI=1S/C24H27N3O2S/c1-6-12-27-23(29)20(14-21(28)26-22-16(3)8-7-9-17(22)4)30-24(27)25-19-11-10-15(2)18(5)13-19/h6-11,13,20H,1,12,14H2,2-5H3,(H,26,28)/t20-/m0/s1. The first-order valence-electron chi connectivity index (χ1n) is 9.91. The van der Waals surface area contributed by atoms with Crippen molar-refractivity contribution in [1.82, 2.24) is 4.90 Å². The third kappa shape index (κ3) is 4.82. The summed E-state index contributed by atoms with van der Waals surface area (Å²) in [5.74, 6) is -0.289. The monoisotopic (exact) mass is 421 g/mol. The normalized spacial score (nSPS) is 17.5. The van der Waals surface area contributed by atoms with E-state index in [9.17, 15) is 9.59 Å². The summed E-state index contributed by atoms with van der Waals surface area (Å²) in [6.45, 7) is 12.1. The van der Waals surface area contributed by atoms with Crippen molar-refractivity contribution in [1.29, 1.82) is 0 Å². The number of aliphatic imine (C=N–C) groups is 1. The van der Waals surface area contributed by atoms with E-state index in [1.165, 1.54) is 17.3 Å². The van der Waals surface area contributed by atoms with E-state index in [1.807, 2.05) is 57.2 Å². The number of carbonyl (C=O) groups excluding carboxylic acids is 2. The Morgan fingerprint density at radius 1 is 1.13 bits per heavy atom. The molecule has 2 aromatic carbocycles. The van der Waals surface area contributed by atoms with E-state index < -0.39 is 5.25 Å². The second-order valence-electron chi connectivity index (χ2n) is 7.53. The fourth-order valence-electron chi connectivity index (χ4n) is 3.30. The summed E-state index contributed by atoms with van der Waals surface area (Å²) in [7, 11) is 0. The summed E-state index contributed by atoms with van der Waals surface area (Å²) in [6, 6.07) is 11.8. The van der Waals surface area contributed by atoms with E-state index in [-0.39, 0.29) is 18.2 Å². The molecule has 1 N–H and O–H groups in total. The Bertz CT molecular complexity index is 1010. The van der Waals surface area contributed by atoms with E-state index in [0.717, 1.165) is 28.1 Å². The Kier molecular flexibility index (Phi) is 6.77. The van der Waals surface area contributed by atoms with Gasteiger partial charge in [0.25, 0.3) is 0 Å².